The number of thiol groups is 1. The molecule has 0 saturated heterocycles. The molecule has 0 N–H and O–H groups in total. The highest BCUT2D eigenvalue weighted by molar-refractivity contribution is 7.67. The van der Waals surface area contributed by atoms with E-state index in [1.807, 2.05) is 0 Å². The molecule has 23 heavy (non-hydrogen) atoms. The zero-order valence-corrected chi connectivity index (χ0v) is 12.9. The number of carbonyl (C=O) groups is 1. The summed E-state index contributed by atoms with van der Waals surface area (Å²) in [5.74, 6) is -0.408. The summed E-state index contributed by atoms with van der Waals surface area (Å²) >= 11 is 0. The molecular weight excluding hydrogens is 325 g/mol. The Morgan fingerprint density at radius 3 is 2.78 bits per heavy atom. The van der Waals surface area contributed by atoms with Crippen molar-refractivity contribution in [3.05, 3.63) is 52.7 Å². The molecule has 122 valence electrons. The fourth-order valence-corrected chi connectivity index (χ4v) is 2.58. The van der Waals surface area contributed by atoms with Gasteiger partial charge in [0.15, 0.2) is 5.76 Å². The number of benzene rings is 1. The summed E-state index contributed by atoms with van der Waals surface area (Å²) in [5.41, 5.74) is 0.782. The lowest BCUT2D eigenvalue weighted by molar-refractivity contribution is 0.103. The molecule has 6 nitrogen and oxygen atoms in total. The highest BCUT2D eigenvalue weighted by Gasteiger charge is 2.33. The molecule has 1 heterocycles. The van der Waals surface area contributed by atoms with Gasteiger partial charge in [0.2, 0.25) is 5.78 Å². The molecule has 0 aliphatic heterocycles. The number of halogens is 1. The molecule has 1 aromatic heterocycles. The van der Waals surface area contributed by atoms with Gasteiger partial charge >= 0.3 is 0 Å². The lowest BCUT2D eigenvalue weighted by Crippen LogP contribution is -2.07. The van der Waals surface area contributed by atoms with Crippen LogP contribution in [0.4, 0.5) is 4.39 Å². The standard InChI is InChI=1S/C15H14FNO5S/c16-13-7-9(5-6-21-23(19)20)1-4-11(13)14(18)12-8-17-22-15(12)10-2-3-10/h1,4,7-8,10,23H,2-3,5-6H2. The third kappa shape index (κ3) is 3.65. The molecule has 1 aliphatic rings. The predicted molar refractivity (Wildman–Crippen MR) is 78.3 cm³/mol. The fourth-order valence-electron chi connectivity index (χ4n) is 2.34. The van der Waals surface area contributed by atoms with E-state index in [9.17, 15) is 17.6 Å². The summed E-state index contributed by atoms with van der Waals surface area (Å²) in [5, 5.41) is 3.64. The Bertz CT molecular complexity index is 802. The maximum atomic E-state index is 14.2. The number of nitrogens with zero attached hydrogens (tertiary/aromatic N) is 1. The van der Waals surface area contributed by atoms with E-state index in [0.717, 1.165) is 12.8 Å². The Hall–Kier alpha value is -2.06. The lowest BCUT2D eigenvalue weighted by atomic mass is 10.00. The molecule has 1 aliphatic carbocycles. The maximum Gasteiger partial charge on any atom is 0.257 e. The van der Waals surface area contributed by atoms with E-state index in [-0.39, 0.29) is 24.5 Å². The first-order valence-electron chi connectivity index (χ1n) is 7.11. The first-order chi connectivity index (χ1) is 11.1. The minimum atomic E-state index is -2.92. The largest absolute Gasteiger partial charge is 0.360 e. The topological polar surface area (TPSA) is 86.5 Å². The number of hydrogen-bond donors (Lipinski definition) is 1. The summed E-state index contributed by atoms with van der Waals surface area (Å²) in [6, 6.07) is 4.16. The summed E-state index contributed by atoms with van der Waals surface area (Å²) in [6.45, 7) is -0.0666. The predicted octanol–water partition coefficient (Wildman–Crippen LogP) is 2.01. The fraction of sp³-hybridized carbons (Fsp3) is 0.333. The van der Waals surface area contributed by atoms with Crippen LogP contribution in [0.3, 0.4) is 0 Å². The van der Waals surface area contributed by atoms with Gasteiger partial charge in [0.25, 0.3) is 11.0 Å². The minimum absolute atomic E-state index is 0.0605. The van der Waals surface area contributed by atoms with Gasteiger partial charge in [0, 0.05) is 5.92 Å². The van der Waals surface area contributed by atoms with Gasteiger partial charge in [0.1, 0.15) is 5.82 Å². The average Bonchev–Trinajstić information content (AvgIpc) is 3.23. The maximum absolute atomic E-state index is 14.2. The highest BCUT2D eigenvalue weighted by Crippen LogP contribution is 2.42. The Labute approximate surface area is 133 Å². The highest BCUT2D eigenvalue weighted by atomic mass is 32.2. The molecule has 2 aromatic rings. The van der Waals surface area contributed by atoms with Crippen molar-refractivity contribution in [3.63, 3.8) is 0 Å². The Morgan fingerprint density at radius 1 is 1.35 bits per heavy atom. The molecule has 0 unspecified atom stereocenters. The number of hydrogen-bond acceptors (Lipinski definition) is 6. The Kier molecular flexibility index (Phi) is 4.53. The second-order valence-electron chi connectivity index (χ2n) is 5.33. The lowest BCUT2D eigenvalue weighted by Gasteiger charge is -2.05. The molecule has 1 aromatic carbocycles. The van der Waals surface area contributed by atoms with Crippen LogP contribution in [0, 0.1) is 5.82 Å². The average molecular weight is 339 g/mol. The van der Waals surface area contributed by atoms with Crippen molar-refractivity contribution in [2.24, 2.45) is 0 Å². The quantitative estimate of drug-likeness (QED) is 0.613. The van der Waals surface area contributed by atoms with Gasteiger partial charge in [-0.1, -0.05) is 11.2 Å². The molecular formula is C15H14FNO5S. The second-order valence-corrected chi connectivity index (χ2v) is 6.03. The van der Waals surface area contributed by atoms with Gasteiger partial charge in [-0.25, -0.2) is 12.8 Å². The smallest absolute Gasteiger partial charge is 0.257 e. The molecule has 3 rings (SSSR count). The molecule has 1 fully saturated rings. The van der Waals surface area contributed by atoms with Crippen LogP contribution in [0.15, 0.2) is 28.9 Å². The summed E-state index contributed by atoms with van der Waals surface area (Å²) < 4.78 is 44.3. The van der Waals surface area contributed by atoms with Gasteiger partial charge < -0.3 is 4.52 Å². The number of ketones is 1. The van der Waals surface area contributed by atoms with Crippen LogP contribution in [0.2, 0.25) is 0 Å². The Morgan fingerprint density at radius 2 is 2.13 bits per heavy atom. The van der Waals surface area contributed by atoms with Crippen LogP contribution in [0.25, 0.3) is 0 Å². The van der Waals surface area contributed by atoms with Crippen molar-refractivity contribution in [2.45, 2.75) is 25.2 Å². The van der Waals surface area contributed by atoms with E-state index in [2.05, 4.69) is 9.34 Å². The number of aromatic nitrogens is 1. The van der Waals surface area contributed by atoms with Crippen molar-refractivity contribution in [1.82, 2.24) is 5.16 Å². The van der Waals surface area contributed by atoms with Gasteiger partial charge in [-0.3, -0.25) is 8.98 Å². The minimum Gasteiger partial charge on any atom is -0.360 e. The van der Waals surface area contributed by atoms with E-state index >= 15 is 0 Å². The van der Waals surface area contributed by atoms with Crippen molar-refractivity contribution in [1.29, 1.82) is 0 Å². The van der Waals surface area contributed by atoms with Crippen molar-refractivity contribution in [3.8, 4) is 0 Å². The Balaban J connectivity index is 1.77. The molecule has 0 bridgehead atoms. The molecule has 1 saturated carbocycles. The van der Waals surface area contributed by atoms with Crippen molar-refractivity contribution in [2.75, 3.05) is 6.61 Å². The normalized spacial score (nSPS) is 14.3. The number of rotatable bonds is 7. The van der Waals surface area contributed by atoms with Gasteiger partial charge in [-0.05, 0) is 37.0 Å². The summed E-state index contributed by atoms with van der Waals surface area (Å²) in [6.07, 6.45) is 3.44. The summed E-state index contributed by atoms with van der Waals surface area (Å²) in [4.78, 5) is 12.5. The van der Waals surface area contributed by atoms with Gasteiger partial charge in [0.05, 0.1) is 23.9 Å². The van der Waals surface area contributed by atoms with Crippen LogP contribution in [-0.4, -0.2) is 26.0 Å². The van der Waals surface area contributed by atoms with E-state index in [1.54, 1.807) is 6.07 Å². The second kappa shape index (κ2) is 6.59. The zero-order chi connectivity index (χ0) is 16.4. The molecule has 0 radical (unpaired) electrons. The molecule has 0 atom stereocenters. The first-order valence-corrected chi connectivity index (χ1v) is 8.21. The molecule has 8 heteroatoms. The van der Waals surface area contributed by atoms with Gasteiger partial charge in [-0.2, -0.15) is 0 Å². The summed E-state index contributed by atoms with van der Waals surface area (Å²) in [7, 11) is -2.92. The van der Waals surface area contributed by atoms with Crippen LogP contribution in [0.5, 0.6) is 0 Å². The van der Waals surface area contributed by atoms with E-state index < -0.39 is 22.6 Å². The van der Waals surface area contributed by atoms with Crippen LogP contribution < -0.4 is 0 Å². The zero-order valence-electron chi connectivity index (χ0n) is 12.0. The van der Waals surface area contributed by atoms with Crippen molar-refractivity contribution >= 4 is 16.8 Å². The molecule has 0 spiro atoms. The van der Waals surface area contributed by atoms with E-state index in [4.69, 9.17) is 4.52 Å². The monoisotopic (exact) mass is 339 g/mol. The van der Waals surface area contributed by atoms with E-state index in [0.29, 0.717) is 16.9 Å². The third-order valence-corrected chi connectivity index (χ3v) is 4.05. The van der Waals surface area contributed by atoms with Crippen LogP contribution in [0.1, 0.15) is 46.0 Å². The third-order valence-electron chi connectivity index (χ3n) is 3.66. The molecule has 0 amide bonds. The van der Waals surface area contributed by atoms with Crippen LogP contribution >= 0.6 is 0 Å². The van der Waals surface area contributed by atoms with Crippen molar-refractivity contribution < 1.29 is 26.3 Å². The van der Waals surface area contributed by atoms with E-state index in [1.165, 1.54) is 18.3 Å². The first kappa shape index (κ1) is 15.8. The SMILES string of the molecule is O=C(c1ccc(CCO[SH](=O)=O)cc1F)c1cnoc1C1CC1. The van der Waals surface area contributed by atoms with Gasteiger partial charge in [-0.15, -0.1) is 0 Å². The number of carbonyl (C=O) groups excluding carboxylic acids is 1. The van der Waals surface area contributed by atoms with Crippen LogP contribution in [-0.2, 0) is 21.6 Å².